The van der Waals surface area contributed by atoms with Gasteiger partial charge in [0.25, 0.3) is 5.91 Å². The molecule has 2 amide bonds. The number of rotatable bonds is 3. The number of benzene rings is 1. The lowest BCUT2D eigenvalue weighted by Gasteiger charge is -2.06. The molecule has 7 heteroatoms. The van der Waals surface area contributed by atoms with Gasteiger partial charge >= 0.3 is 0 Å². The molecule has 0 aliphatic carbocycles. The van der Waals surface area contributed by atoms with Crippen molar-refractivity contribution >= 4 is 52.0 Å². The van der Waals surface area contributed by atoms with Crippen LogP contribution in [0.4, 0.5) is 5.69 Å². The maximum Gasteiger partial charge on any atom is 0.259 e. The average molecular weight is 293 g/mol. The molecule has 5 nitrogen and oxygen atoms in total. The molecule has 1 N–H and O–H groups in total. The number of anilines is 1. The lowest BCUT2D eigenvalue weighted by Crippen LogP contribution is -2.22. The van der Waals surface area contributed by atoms with E-state index in [1.165, 1.54) is 23.7 Å². The van der Waals surface area contributed by atoms with E-state index in [9.17, 15) is 9.59 Å². The number of hydrogen-bond acceptors (Lipinski definition) is 5. The fourth-order valence-electron chi connectivity index (χ4n) is 1.44. The highest BCUT2D eigenvalue weighted by atomic mass is 32.2. The SMILES string of the molecule is CC(=O)Nc1ccc(/C=N/N2C(=O)CSC2=S)cc1. The molecule has 2 rings (SSSR count). The number of nitrogens with one attached hydrogen (secondary N) is 1. The predicted octanol–water partition coefficient (Wildman–Crippen LogP) is 1.84. The molecular formula is C12H11N3O2S2. The summed E-state index contributed by atoms with van der Waals surface area (Å²) in [7, 11) is 0. The molecule has 0 unspecified atom stereocenters. The third kappa shape index (κ3) is 3.62. The molecule has 0 aromatic heterocycles. The maximum atomic E-state index is 11.4. The molecule has 0 bridgehead atoms. The number of nitrogens with zero attached hydrogens (tertiary/aromatic N) is 2. The molecule has 1 heterocycles. The van der Waals surface area contributed by atoms with Gasteiger partial charge in [0, 0.05) is 12.6 Å². The van der Waals surface area contributed by atoms with Crippen molar-refractivity contribution in [2.24, 2.45) is 5.10 Å². The van der Waals surface area contributed by atoms with Crippen molar-refractivity contribution in [1.29, 1.82) is 0 Å². The molecule has 1 aromatic carbocycles. The van der Waals surface area contributed by atoms with Gasteiger partial charge in [0.05, 0.1) is 12.0 Å². The summed E-state index contributed by atoms with van der Waals surface area (Å²) in [5.74, 6) is 0.116. The summed E-state index contributed by atoms with van der Waals surface area (Å²) < 4.78 is 0.469. The Kier molecular flexibility index (Phi) is 4.28. The molecule has 0 radical (unpaired) electrons. The Morgan fingerprint density at radius 3 is 2.68 bits per heavy atom. The molecule has 98 valence electrons. The van der Waals surface area contributed by atoms with Gasteiger partial charge in [-0.1, -0.05) is 36.1 Å². The zero-order valence-corrected chi connectivity index (χ0v) is 11.8. The molecule has 1 saturated heterocycles. The molecule has 1 aromatic rings. The molecule has 0 saturated carbocycles. The Hall–Kier alpha value is -1.73. The van der Waals surface area contributed by atoms with E-state index < -0.39 is 0 Å². The third-order valence-corrected chi connectivity index (χ3v) is 3.62. The molecule has 19 heavy (non-hydrogen) atoms. The zero-order valence-electron chi connectivity index (χ0n) is 10.1. The first-order chi connectivity index (χ1) is 9.06. The fraction of sp³-hybridized carbons (Fsp3) is 0.167. The standard InChI is InChI=1S/C12H11N3O2S2/c1-8(16)14-10-4-2-9(3-5-10)6-13-15-11(17)7-19-12(15)18/h2-6H,7H2,1H3,(H,14,16)/b13-6+. The minimum Gasteiger partial charge on any atom is -0.326 e. The second-order valence-corrected chi connectivity index (χ2v) is 5.42. The average Bonchev–Trinajstić information content (AvgIpc) is 2.68. The summed E-state index contributed by atoms with van der Waals surface area (Å²) in [6.45, 7) is 1.45. The predicted molar refractivity (Wildman–Crippen MR) is 80.2 cm³/mol. The third-order valence-electron chi connectivity index (χ3n) is 2.28. The van der Waals surface area contributed by atoms with Gasteiger partial charge in [0.2, 0.25) is 5.91 Å². The van der Waals surface area contributed by atoms with Crippen molar-refractivity contribution in [2.75, 3.05) is 11.1 Å². The van der Waals surface area contributed by atoms with Gasteiger partial charge in [-0.2, -0.15) is 10.1 Å². The number of carbonyl (C=O) groups excluding carboxylic acids is 2. The van der Waals surface area contributed by atoms with Crippen molar-refractivity contribution < 1.29 is 9.59 Å². The number of carbonyl (C=O) groups is 2. The van der Waals surface area contributed by atoms with E-state index in [2.05, 4.69) is 10.4 Å². The van der Waals surface area contributed by atoms with E-state index in [0.717, 1.165) is 5.56 Å². The van der Waals surface area contributed by atoms with E-state index >= 15 is 0 Å². The van der Waals surface area contributed by atoms with Crippen LogP contribution in [0.5, 0.6) is 0 Å². The van der Waals surface area contributed by atoms with Gasteiger partial charge in [0.1, 0.15) is 0 Å². The second-order valence-electron chi connectivity index (χ2n) is 3.81. The summed E-state index contributed by atoms with van der Waals surface area (Å²) in [5.41, 5.74) is 1.54. The van der Waals surface area contributed by atoms with Gasteiger partial charge in [0.15, 0.2) is 4.32 Å². The van der Waals surface area contributed by atoms with E-state index in [-0.39, 0.29) is 11.8 Å². The van der Waals surface area contributed by atoms with Gasteiger partial charge in [-0.15, -0.1) is 0 Å². The van der Waals surface area contributed by atoms with Crippen LogP contribution in [0.2, 0.25) is 0 Å². The smallest absolute Gasteiger partial charge is 0.259 e. The van der Waals surface area contributed by atoms with E-state index in [1.54, 1.807) is 30.5 Å². The highest BCUT2D eigenvalue weighted by molar-refractivity contribution is 8.23. The Morgan fingerprint density at radius 2 is 2.16 bits per heavy atom. The summed E-state index contributed by atoms with van der Waals surface area (Å²) in [6.07, 6.45) is 1.56. The van der Waals surface area contributed by atoms with E-state index in [4.69, 9.17) is 12.2 Å². The lowest BCUT2D eigenvalue weighted by molar-refractivity contribution is -0.124. The van der Waals surface area contributed by atoms with Gasteiger partial charge in [-0.3, -0.25) is 9.59 Å². The van der Waals surface area contributed by atoms with Crippen LogP contribution in [-0.2, 0) is 9.59 Å². The van der Waals surface area contributed by atoms with Crippen molar-refractivity contribution in [1.82, 2.24) is 5.01 Å². The molecule has 1 fully saturated rings. The van der Waals surface area contributed by atoms with Crippen LogP contribution in [0.1, 0.15) is 12.5 Å². The van der Waals surface area contributed by atoms with E-state index in [0.29, 0.717) is 15.8 Å². The molecule has 1 aliphatic heterocycles. The Morgan fingerprint density at radius 1 is 1.47 bits per heavy atom. The van der Waals surface area contributed by atoms with Crippen molar-refractivity contribution in [2.45, 2.75) is 6.92 Å². The number of thiocarbonyl (C=S) groups is 1. The number of hydrogen-bond donors (Lipinski definition) is 1. The zero-order chi connectivity index (χ0) is 13.8. The Labute approximate surface area is 120 Å². The normalized spacial score (nSPS) is 15.3. The quantitative estimate of drug-likeness (QED) is 0.682. The second kappa shape index (κ2) is 5.94. The highest BCUT2D eigenvalue weighted by Crippen LogP contribution is 2.19. The topological polar surface area (TPSA) is 61.8 Å². The Bertz CT molecular complexity index is 539. The lowest BCUT2D eigenvalue weighted by atomic mass is 10.2. The van der Waals surface area contributed by atoms with Crippen LogP contribution >= 0.6 is 24.0 Å². The Balaban J connectivity index is 2.05. The fourth-order valence-corrected chi connectivity index (χ4v) is 2.41. The first-order valence-electron chi connectivity index (χ1n) is 5.47. The van der Waals surface area contributed by atoms with Crippen molar-refractivity contribution in [3.63, 3.8) is 0 Å². The monoisotopic (exact) mass is 293 g/mol. The summed E-state index contributed by atoms with van der Waals surface area (Å²) >= 11 is 6.31. The first kappa shape index (κ1) is 13.7. The number of thioether (sulfide) groups is 1. The van der Waals surface area contributed by atoms with Crippen LogP contribution in [0, 0.1) is 0 Å². The largest absolute Gasteiger partial charge is 0.326 e. The molecule has 1 aliphatic rings. The van der Waals surface area contributed by atoms with Crippen LogP contribution < -0.4 is 5.32 Å². The van der Waals surface area contributed by atoms with Crippen LogP contribution in [0.15, 0.2) is 29.4 Å². The van der Waals surface area contributed by atoms with Gasteiger partial charge in [-0.05, 0) is 17.7 Å². The maximum absolute atomic E-state index is 11.4. The van der Waals surface area contributed by atoms with Crippen molar-refractivity contribution in [3.8, 4) is 0 Å². The van der Waals surface area contributed by atoms with Crippen LogP contribution in [0.3, 0.4) is 0 Å². The molecule has 0 atom stereocenters. The summed E-state index contributed by atoms with van der Waals surface area (Å²) in [6, 6.07) is 7.13. The minimum absolute atomic E-state index is 0.110. The van der Waals surface area contributed by atoms with Crippen LogP contribution in [0.25, 0.3) is 0 Å². The van der Waals surface area contributed by atoms with Crippen molar-refractivity contribution in [3.05, 3.63) is 29.8 Å². The highest BCUT2D eigenvalue weighted by Gasteiger charge is 2.25. The summed E-state index contributed by atoms with van der Waals surface area (Å²) in [5, 5.41) is 7.95. The van der Waals surface area contributed by atoms with Gasteiger partial charge < -0.3 is 5.32 Å². The molecule has 0 spiro atoms. The minimum atomic E-state index is -0.119. The first-order valence-corrected chi connectivity index (χ1v) is 6.87. The van der Waals surface area contributed by atoms with Crippen LogP contribution in [-0.4, -0.2) is 33.1 Å². The number of amides is 2. The summed E-state index contributed by atoms with van der Waals surface area (Å²) in [4.78, 5) is 22.3. The molecular weight excluding hydrogens is 282 g/mol. The van der Waals surface area contributed by atoms with E-state index in [1.807, 2.05) is 0 Å². The van der Waals surface area contributed by atoms with Gasteiger partial charge in [-0.25, -0.2) is 0 Å². The number of hydrazone groups is 1.